The van der Waals surface area contributed by atoms with Crippen LogP contribution in [0.1, 0.15) is 12.8 Å². The average Bonchev–Trinajstić information content (AvgIpc) is 2.38. The minimum atomic E-state index is -3.76. The van der Waals surface area contributed by atoms with Gasteiger partial charge in [0.15, 0.2) is 0 Å². The fourth-order valence-corrected chi connectivity index (χ4v) is 3.31. The SMILES string of the molecule is COCC1CCCN(c2ccc(S(N)(=O)=O)c(N)c2)C1. The van der Waals surface area contributed by atoms with E-state index < -0.39 is 10.0 Å². The van der Waals surface area contributed by atoms with Crippen LogP contribution in [0.4, 0.5) is 11.4 Å². The van der Waals surface area contributed by atoms with Gasteiger partial charge in [-0.1, -0.05) is 0 Å². The Kier molecular flexibility index (Phi) is 4.52. The zero-order chi connectivity index (χ0) is 14.8. The van der Waals surface area contributed by atoms with Crippen molar-refractivity contribution in [1.82, 2.24) is 0 Å². The Hall–Kier alpha value is -1.31. The number of nitrogens with two attached hydrogens (primary N) is 2. The van der Waals surface area contributed by atoms with Crippen molar-refractivity contribution >= 4 is 21.4 Å². The maximum atomic E-state index is 11.3. The maximum absolute atomic E-state index is 11.3. The van der Waals surface area contributed by atoms with Crippen molar-refractivity contribution in [1.29, 1.82) is 0 Å². The van der Waals surface area contributed by atoms with Crippen molar-refractivity contribution in [2.45, 2.75) is 17.7 Å². The van der Waals surface area contributed by atoms with Crippen molar-refractivity contribution in [2.75, 3.05) is 37.4 Å². The number of hydrogen-bond donors (Lipinski definition) is 2. The van der Waals surface area contributed by atoms with Crippen LogP contribution in [-0.4, -0.2) is 35.2 Å². The topological polar surface area (TPSA) is 98.6 Å². The predicted molar refractivity (Wildman–Crippen MR) is 79.0 cm³/mol. The summed E-state index contributed by atoms with van der Waals surface area (Å²) in [5.74, 6) is 0.493. The van der Waals surface area contributed by atoms with Gasteiger partial charge in [-0.15, -0.1) is 0 Å². The third kappa shape index (κ3) is 3.41. The van der Waals surface area contributed by atoms with E-state index in [2.05, 4.69) is 4.90 Å². The van der Waals surface area contributed by atoms with E-state index in [0.29, 0.717) is 5.92 Å². The first kappa shape index (κ1) is 15.1. The number of rotatable bonds is 4. The first-order valence-electron chi connectivity index (χ1n) is 6.58. The Bertz CT molecular complexity index is 572. The van der Waals surface area contributed by atoms with Crippen LogP contribution < -0.4 is 15.8 Å². The molecule has 20 heavy (non-hydrogen) atoms. The highest BCUT2D eigenvalue weighted by atomic mass is 32.2. The average molecular weight is 299 g/mol. The highest BCUT2D eigenvalue weighted by molar-refractivity contribution is 7.89. The van der Waals surface area contributed by atoms with Crippen LogP contribution >= 0.6 is 0 Å². The molecule has 0 aromatic heterocycles. The lowest BCUT2D eigenvalue weighted by atomic mass is 9.98. The molecule has 1 unspecified atom stereocenters. The van der Waals surface area contributed by atoms with Gasteiger partial charge in [-0.25, -0.2) is 13.6 Å². The molecule has 112 valence electrons. The van der Waals surface area contributed by atoms with E-state index >= 15 is 0 Å². The first-order valence-corrected chi connectivity index (χ1v) is 8.12. The molecule has 1 saturated heterocycles. The lowest BCUT2D eigenvalue weighted by Crippen LogP contribution is -2.37. The summed E-state index contributed by atoms with van der Waals surface area (Å²) in [5, 5.41) is 5.11. The highest BCUT2D eigenvalue weighted by Gasteiger charge is 2.21. The molecule has 1 aliphatic heterocycles. The van der Waals surface area contributed by atoms with E-state index in [0.717, 1.165) is 38.2 Å². The molecule has 0 spiro atoms. The number of nitrogens with zero attached hydrogens (tertiary/aromatic N) is 1. The van der Waals surface area contributed by atoms with Gasteiger partial charge in [-0.2, -0.15) is 0 Å². The second kappa shape index (κ2) is 5.99. The molecular formula is C13H21N3O3S. The second-order valence-electron chi connectivity index (χ2n) is 5.18. The van der Waals surface area contributed by atoms with Crippen molar-refractivity contribution in [3.63, 3.8) is 0 Å². The third-order valence-electron chi connectivity index (χ3n) is 3.59. The highest BCUT2D eigenvalue weighted by Crippen LogP contribution is 2.27. The Labute approximate surface area is 119 Å². The molecule has 0 amide bonds. The maximum Gasteiger partial charge on any atom is 0.240 e. The molecule has 6 nitrogen and oxygen atoms in total. The van der Waals surface area contributed by atoms with E-state index in [-0.39, 0.29) is 10.6 Å². The fourth-order valence-electron chi connectivity index (χ4n) is 2.66. The Morgan fingerprint density at radius 1 is 1.45 bits per heavy atom. The number of benzene rings is 1. The molecule has 7 heteroatoms. The molecule has 0 saturated carbocycles. The molecule has 1 heterocycles. The van der Waals surface area contributed by atoms with E-state index in [4.69, 9.17) is 15.6 Å². The van der Waals surface area contributed by atoms with Crippen molar-refractivity contribution in [3.05, 3.63) is 18.2 Å². The molecule has 1 atom stereocenters. The molecule has 1 aliphatic rings. The molecule has 0 bridgehead atoms. The van der Waals surface area contributed by atoms with Crippen LogP contribution in [0.3, 0.4) is 0 Å². The third-order valence-corrected chi connectivity index (χ3v) is 4.57. The number of methoxy groups -OCH3 is 1. The fraction of sp³-hybridized carbons (Fsp3) is 0.538. The molecule has 4 N–H and O–H groups in total. The van der Waals surface area contributed by atoms with Crippen molar-refractivity contribution in [3.8, 4) is 0 Å². The van der Waals surface area contributed by atoms with Crippen LogP contribution in [0.5, 0.6) is 0 Å². The predicted octanol–water partition coefficient (Wildman–Crippen LogP) is 0.779. The Morgan fingerprint density at radius 2 is 2.20 bits per heavy atom. The standard InChI is InChI=1S/C13H21N3O3S/c1-19-9-10-3-2-6-16(8-10)11-4-5-13(12(14)7-11)20(15,17)18/h4-5,7,10H,2-3,6,8-9,14H2,1H3,(H2,15,17,18). The van der Waals surface area contributed by atoms with E-state index in [9.17, 15) is 8.42 Å². The Morgan fingerprint density at radius 3 is 2.80 bits per heavy atom. The number of ether oxygens (including phenoxy) is 1. The molecule has 0 aliphatic carbocycles. The minimum Gasteiger partial charge on any atom is -0.398 e. The number of anilines is 2. The number of sulfonamides is 1. The first-order chi connectivity index (χ1) is 9.41. The molecule has 1 aromatic rings. The normalized spacial score (nSPS) is 20.1. The van der Waals surface area contributed by atoms with Crippen LogP contribution in [0.15, 0.2) is 23.1 Å². The number of nitrogen functional groups attached to an aromatic ring is 1. The lowest BCUT2D eigenvalue weighted by molar-refractivity contribution is 0.143. The van der Waals surface area contributed by atoms with Gasteiger partial charge in [0.25, 0.3) is 0 Å². The van der Waals surface area contributed by atoms with Gasteiger partial charge in [0.2, 0.25) is 10.0 Å². The zero-order valence-electron chi connectivity index (χ0n) is 11.6. The second-order valence-corrected chi connectivity index (χ2v) is 6.71. The van der Waals surface area contributed by atoms with E-state index in [1.54, 1.807) is 19.2 Å². The molecule has 1 aromatic carbocycles. The van der Waals surface area contributed by atoms with Crippen LogP contribution in [0, 0.1) is 5.92 Å². The summed E-state index contributed by atoms with van der Waals surface area (Å²) in [4.78, 5) is 2.18. The lowest BCUT2D eigenvalue weighted by Gasteiger charge is -2.34. The summed E-state index contributed by atoms with van der Waals surface area (Å²) < 4.78 is 27.9. The Balaban J connectivity index is 2.19. The number of primary sulfonamides is 1. The molecule has 0 radical (unpaired) electrons. The van der Waals surface area contributed by atoms with Crippen LogP contribution in [0.25, 0.3) is 0 Å². The van der Waals surface area contributed by atoms with Crippen molar-refractivity contribution in [2.24, 2.45) is 11.1 Å². The largest absolute Gasteiger partial charge is 0.398 e. The summed E-state index contributed by atoms with van der Waals surface area (Å²) in [6.45, 7) is 2.57. The quantitative estimate of drug-likeness (QED) is 0.800. The van der Waals surface area contributed by atoms with Crippen LogP contribution in [-0.2, 0) is 14.8 Å². The van der Waals surface area contributed by atoms with Crippen LogP contribution in [0.2, 0.25) is 0 Å². The molecule has 1 fully saturated rings. The van der Waals surface area contributed by atoms with Gasteiger partial charge in [0.05, 0.1) is 12.3 Å². The molecular weight excluding hydrogens is 278 g/mol. The summed E-state index contributed by atoms with van der Waals surface area (Å²) in [5.41, 5.74) is 6.92. The van der Waals surface area contributed by atoms with E-state index in [1.807, 2.05) is 0 Å². The smallest absolute Gasteiger partial charge is 0.240 e. The number of hydrogen-bond acceptors (Lipinski definition) is 5. The zero-order valence-corrected chi connectivity index (χ0v) is 12.4. The molecule has 2 rings (SSSR count). The summed E-state index contributed by atoms with van der Waals surface area (Å²) in [7, 11) is -2.06. The van der Waals surface area contributed by atoms with Gasteiger partial charge in [-0.05, 0) is 37.0 Å². The van der Waals surface area contributed by atoms with Gasteiger partial charge in [0, 0.05) is 25.9 Å². The summed E-state index contributed by atoms with van der Waals surface area (Å²) in [6, 6.07) is 4.90. The van der Waals surface area contributed by atoms with Gasteiger partial charge >= 0.3 is 0 Å². The van der Waals surface area contributed by atoms with Gasteiger partial charge in [-0.3, -0.25) is 0 Å². The summed E-state index contributed by atoms with van der Waals surface area (Å²) in [6.07, 6.45) is 2.24. The van der Waals surface area contributed by atoms with Crippen molar-refractivity contribution < 1.29 is 13.2 Å². The monoisotopic (exact) mass is 299 g/mol. The van der Waals surface area contributed by atoms with Gasteiger partial charge < -0.3 is 15.4 Å². The van der Waals surface area contributed by atoms with E-state index in [1.165, 1.54) is 6.07 Å². The summed E-state index contributed by atoms with van der Waals surface area (Å²) >= 11 is 0. The number of piperidine rings is 1. The minimum absolute atomic E-state index is 0.0216. The van der Waals surface area contributed by atoms with Gasteiger partial charge in [0.1, 0.15) is 4.90 Å².